The lowest BCUT2D eigenvalue weighted by Gasteiger charge is -2.05. The van der Waals surface area contributed by atoms with E-state index in [1.807, 2.05) is 0 Å². The van der Waals surface area contributed by atoms with Gasteiger partial charge in [0, 0.05) is 5.56 Å². The predicted octanol–water partition coefficient (Wildman–Crippen LogP) is 2.39. The van der Waals surface area contributed by atoms with Crippen LogP contribution in [0.2, 0.25) is 0 Å². The Morgan fingerprint density at radius 1 is 1.33 bits per heavy atom. The average molecular weight is 227 g/mol. The van der Waals surface area contributed by atoms with Crippen LogP contribution in [0.4, 0.5) is 0 Å². The van der Waals surface area contributed by atoms with Crippen molar-refractivity contribution in [3.63, 3.8) is 0 Å². The van der Waals surface area contributed by atoms with Crippen LogP contribution in [0.1, 0.15) is 23.7 Å². The Morgan fingerprint density at radius 3 is 2.47 bits per heavy atom. The summed E-state index contributed by atoms with van der Waals surface area (Å²) in [5.41, 5.74) is -0.210. The molecule has 1 unspecified atom stereocenters. The maximum atomic E-state index is 11.5. The molecule has 0 aromatic heterocycles. The molecule has 0 spiro atoms. The van der Waals surface area contributed by atoms with Gasteiger partial charge in [0.1, 0.15) is 6.42 Å². The molecule has 1 atom stereocenters. The van der Waals surface area contributed by atoms with Gasteiger partial charge in [-0.3, -0.25) is 9.59 Å². The van der Waals surface area contributed by atoms with Gasteiger partial charge in [-0.15, -0.1) is 0 Å². The molecule has 1 rings (SSSR count). The SMILES string of the molecule is CC(Cl)OC(=O)CC(=O)c1ccccc1. The number of alkyl halides is 1. The Hall–Kier alpha value is -1.35. The Labute approximate surface area is 93.0 Å². The van der Waals surface area contributed by atoms with Crippen LogP contribution < -0.4 is 0 Å². The largest absolute Gasteiger partial charge is 0.446 e. The van der Waals surface area contributed by atoms with E-state index >= 15 is 0 Å². The molecule has 0 N–H and O–H groups in total. The van der Waals surface area contributed by atoms with Gasteiger partial charge in [-0.1, -0.05) is 41.9 Å². The van der Waals surface area contributed by atoms with Crippen molar-refractivity contribution in [2.45, 2.75) is 18.9 Å². The zero-order valence-electron chi connectivity index (χ0n) is 8.27. The lowest BCUT2D eigenvalue weighted by Crippen LogP contribution is -2.14. The molecule has 15 heavy (non-hydrogen) atoms. The van der Waals surface area contributed by atoms with E-state index in [1.54, 1.807) is 30.3 Å². The van der Waals surface area contributed by atoms with Crippen LogP contribution >= 0.6 is 11.6 Å². The van der Waals surface area contributed by atoms with Crippen LogP contribution in [0.25, 0.3) is 0 Å². The molecule has 0 fully saturated rings. The summed E-state index contributed by atoms with van der Waals surface area (Å²) in [6.45, 7) is 1.52. The summed E-state index contributed by atoms with van der Waals surface area (Å²) in [7, 11) is 0. The Kier molecular flexibility index (Phi) is 4.31. The van der Waals surface area contributed by atoms with E-state index < -0.39 is 11.5 Å². The van der Waals surface area contributed by atoms with Gasteiger partial charge >= 0.3 is 5.97 Å². The van der Waals surface area contributed by atoms with E-state index in [0.717, 1.165) is 0 Å². The fourth-order valence-corrected chi connectivity index (χ4v) is 1.18. The summed E-state index contributed by atoms with van der Waals surface area (Å²) in [4.78, 5) is 22.6. The number of rotatable bonds is 4. The lowest BCUT2D eigenvalue weighted by atomic mass is 10.1. The number of carbonyl (C=O) groups is 2. The number of esters is 1. The molecule has 3 nitrogen and oxygen atoms in total. The molecule has 0 radical (unpaired) electrons. The van der Waals surface area contributed by atoms with Gasteiger partial charge in [0.05, 0.1) is 0 Å². The number of Topliss-reactive ketones (excluding diaryl/α,β-unsaturated/α-hetero) is 1. The van der Waals surface area contributed by atoms with E-state index in [1.165, 1.54) is 6.92 Å². The van der Waals surface area contributed by atoms with Crippen LogP contribution in [0.5, 0.6) is 0 Å². The van der Waals surface area contributed by atoms with Crippen LogP contribution in [0, 0.1) is 0 Å². The summed E-state index contributed by atoms with van der Waals surface area (Å²) in [5, 5.41) is 0. The third-order valence-electron chi connectivity index (χ3n) is 1.69. The summed E-state index contributed by atoms with van der Waals surface area (Å²) >= 11 is 5.45. The topological polar surface area (TPSA) is 43.4 Å². The minimum atomic E-state index is -0.707. The van der Waals surface area contributed by atoms with Crippen LogP contribution in [0.3, 0.4) is 0 Å². The molecular formula is C11H11ClO3. The van der Waals surface area contributed by atoms with Gasteiger partial charge in [-0.2, -0.15) is 0 Å². The first-order chi connectivity index (χ1) is 7.09. The summed E-state index contributed by atoms with van der Waals surface area (Å²) < 4.78 is 4.65. The maximum Gasteiger partial charge on any atom is 0.315 e. The highest BCUT2D eigenvalue weighted by molar-refractivity contribution is 6.20. The zero-order valence-corrected chi connectivity index (χ0v) is 9.03. The minimum Gasteiger partial charge on any atom is -0.446 e. The summed E-state index contributed by atoms with van der Waals surface area (Å²) in [6, 6.07) is 8.58. The Balaban J connectivity index is 2.53. The normalized spacial score (nSPS) is 11.9. The predicted molar refractivity (Wildman–Crippen MR) is 56.8 cm³/mol. The molecule has 0 saturated carbocycles. The van der Waals surface area contributed by atoms with Crippen molar-refractivity contribution >= 4 is 23.4 Å². The van der Waals surface area contributed by atoms with Gasteiger partial charge in [-0.25, -0.2) is 0 Å². The lowest BCUT2D eigenvalue weighted by molar-refractivity contribution is -0.143. The number of ketones is 1. The van der Waals surface area contributed by atoms with E-state index in [2.05, 4.69) is 4.74 Å². The quantitative estimate of drug-likeness (QED) is 0.343. The molecule has 0 amide bonds. The fourth-order valence-electron chi connectivity index (χ4n) is 1.08. The molecule has 1 aromatic carbocycles. The molecule has 0 aliphatic heterocycles. The number of halogens is 1. The van der Waals surface area contributed by atoms with E-state index in [0.29, 0.717) is 5.56 Å². The monoisotopic (exact) mass is 226 g/mol. The molecule has 0 heterocycles. The third kappa shape index (κ3) is 4.13. The summed E-state index contributed by atoms with van der Waals surface area (Å²) in [6.07, 6.45) is -0.277. The second-order valence-corrected chi connectivity index (χ2v) is 3.61. The second-order valence-electron chi connectivity index (χ2n) is 3.00. The molecular weight excluding hydrogens is 216 g/mol. The van der Waals surface area contributed by atoms with E-state index in [9.17, 15) is 9.59 Å². The number of hydrogen-bond donors (Lipinski definition) is 0. The molecule has 0 bridgehead atoms. The van der Waals surface area contributed by atoms with Crippen molar-refractivity contribution in [3.05, 3.63) is 35.9 Å². The molecule has 0 aliphatic carbocycles. The van der Waals surface area contributed by atoms with Gasteiger partial charge < -0.3 is 4.74 Å². The number of benzene rings is 1. The third-order valence-corrected chi connectivity index (χ3v) is 1.78. The number of carbonyl (C=O) groups excluding carboxylic acids is 2. The van der Waals surface area contributed by atoms with E-state index in [4.69, 9.17) is 11.6 Å². The molecule has 80 valence electrons. The van der Waals surface area contributed by atoms with Crippen molar-refractivity contribution in [2.75, 3.05) is 0 Å². The number of ether oxygens (including phenoxy) is 1. The highest BCUT2D eigenvalue weighted by Crippen LogP contribution is 2.05. The molecule has 0 aliphatic rings. The minimum absolute atomic E-state index is 0.266. The van der Waals surface area contributed by atoms with Crippen molar-refractivity contribution in [2.24, 2.45) is 0 Å². The zero-order chi connectivity index (χ0) is 11.3. The first-order valence-corrected chi connectivity index (χ1v) is 4.95. The van der Waals surface area contributed by atoms with E-state index in [-0.39, 0.29) is 12.2 Å². The summed E-state index contributed by atoms with van der Waals surface area (Å²) in [5.74, 6) is -0.871. The van der Waals surface area contributed by atoms with Crippen LogP contribution in [-0.2, 0) is 9.53 Å². The first kappa shape index (κ1) is 11.7. The van der Waals surface area contributed by atoms with Gasteiger partial charge in [-0.05, 0) is 6.92 Å². The van der Waals surface area contributed by atoms with Crippen molar-refractivity contribution in [1.29, 1.82) is 0 Å². The molecule has 4 heteroatoms. The van der Waals surface area contributed by atoms with Crippen molar-refractivity contribution in [1.82, 2.24) is 0 Å². The highest BCUT2D eigenvalue weighted by atomic mass is 35.5. The Bertz CT molecular complexity index is 346. The van der Waals surface area contributed by atoms with Crippen LogP contribution in [-0.4, -0.2) is 17.3 Å². The second kappa shape index (κ2) is 5.51. The standard InChI is InChI=1S/C11H11ClO3/c1-8(12)15-11(14)7-10(13)9-5-3-2-4-6-9/h2-6,8H,7H2,1H3. The highest BCUT2D eigenvalue weighted by Gasteiger charge is 2.13. The van der Waals surface area contributed by atoms with Gasteiger partial charge in [0.15, 0.2) is 11.3 Å². The first-order valence-electron chi connectivity index (χ1n) is 4.51. The Morgan fingerprint density at radius 2 is 1.93 bits per heavy atom. The van der Waals surface area contributed by atoms with Gasteiger partial charge in [0.2, 0.25) is 0 Å². The maximum absolute atomic E-state index is 11.5. The van der Waals surface area contributed by atoms with Crippen molar-refractivity contribution < 1.29 is 14.3 Å². The smallest absolute Gasteiger partial charge is 0.315 e. The molecule has 0 saturated heterocycles. The van der Waals surface area contributed by atoms with Crippen molar-refractivity contribution in [3.8, 4) is 0 Å². The fraction of sp³-hybridized carbons (Fsp3) is 0.273. The van der Waals surface area contributed by atoms with Crippen LogP contribution in [0.15, 0.2) is 30.3 Å². The van der Waals surface area contributed by atoms with Gasteiger partial charge in [0.25, 0.3) is 0 Å². The molecule has 1 aromatic rings. The average Bonchev–Trinajstić information content (AvgIpc) is 2.17. The number of hydrogen-bond acceptors (Lipinski definition) is 3.